The molecule has 1 saturated heterocycles. The van der Waals surface area contributed by atoms with Crippen LogP contribution in [0, 0.1) is 0 Å². The van der Waals surface area contributed by atoms with Crippen molar-refractivity contribution in [3.8, 4) is 0 Å². The Hall–Kier alpha value is -0.890. The van der Waals surface area contributed by atoms with Crippen molar-refractivity contribution >= 4 is 63.8 Å². The van der Waals surface area contributed by atoms with Gasteiger partial charge in [-0.2, -0.15) is 0 Å². The molecule has 3 amide bonds. The minimum absolute atomic E-state index is 0.173. The Kier molecular flexibility index (Phi) is 6.64. The number of amides is 3. The number of hydrogen-bond acceptors (Lipinski definition) is 5. The smallest absolute Gasteiger partial charge is 0.288 e. The van der Waals surface area contributed by atoms with Crippen LogP contribution in [-0.2, 0) is 9.59 Å². The lowest BCUT2D eigenvalue weighted by molar-refractivity contribution is -0.125. The third kappa shape index (κ3) is 5.04. The van der Waals surface area contributed by atoms with E-state index in [9.17, 15) is 14.4 Å². The van der Waals surface area contributed by atoms with Crippen LogP contribution in [0.4, 0.5) is 4.79 Å². The predicted molar refractivity (Wildman–Crippen MR) is 94.4 cm³/mol. The molecule has 0 bridgehead atoms. The van der Waals surface area contributed by atoms with Gasteiger partial charge in [0.25, 0.3) is 5.24 Å². The molecule has 1 heterocycles. The van der Waals surface area contributed by atoms with Gasteiger partial charge in [0.05, 0.1) is 16.0 Å². The highest BCUT2D eigenvalue weighted by Crippen LogP contribution is 2.32. The van der Waals surface area contributed by atoms with Crippen LogP contribution in [0.3, 0.4) is 0 Å². The minimum Gasteiger partial charge on any atom is -0.353 e. The monoisotopic (exact) mass is 392 g/mol. The Morgan fingerprint density at radius 1 is 1.43 bits per heavy atom. The third-order valence-corrected chi connectivity index (χ3v) is 5.74. The number of nitrogens with zero attached hydrogens (tertiary/aromatic N) is 1. The Morgan fingerprint density at radius 2 is 2.17 bits per heavy atom. The van der Waals surface area contributed by atoms with Gasteiger partial charge in [-0.3, -0.25) is 19.3 Å². The first-order valence-corrected chi connectivity index (χ1v) is 9.37. The number of thioether (sulfide) groups is 2. The average Bonchev–Trinajstić information content (AvgIpc) is 2.82. The highest BCUT2D eigenvalue weighted by atomic mass is 35.5. The van der Waals surface area contributed by atoms with E-state index in [4.69, 9.17) is 23.2 Å². The zero-order valence-electron chi connectivity index (χ0n) is 12.2. The van der Waals surface area contributed by atoms with Gasteiger partial charge in [0, 0.05) is 23.0 Å². The lowest BCUT2D eigenvalue weighted by Gasteiger charge is -2.16. The Bertz CT molecular complexity index is 626. The number of carbonyl (C=O) groups excluding carboxylic acids is 3. The van der Waals surface area contributed by atoms with Crippen LogP contribution < -0.4 is 5.32 Å². The second-order valence-corrected chi connectivity index (χ2v) is 7.88. The van der Waals surface area contributed by atoms with E-state index in [0.29, 0.717) is 10.0 Å². The summed E-state index contributed by atoms with van der Waals surface area (Å²) in [5, 5.41) is 3.14. The van der Waals surface area contributed by atoms with Gasteiger partial charge >= 0.3 is 0 Å². The Labute approximate surface area is 152 Å². The molecule has 23 heavy (non-hydrogen) atoms. The van der Waals surface area contributed by atoms with E-state index in [2.05, 4.69) is 5.32 Å². The molecule has 1 aromatic carbocycles. The van der Waals surface area contributed by atoms with E-state index in [1.165, 1.54) is 11.8 Å². The van der Waals surface area contributed by atoms with Crippen LogP contribution in [0.5, 0.6) is 0 Å². The maximum absolute atomic E-state index is 12.1. The number of carbonyl (C=O) groups is 3. The number of imide groups is 1. The molecule has 2 rings (SSSR count). The normalized spacial score (nSPS) is 15.9. The molecule has 1 aliphatic rings. The van der Waals surface area contributed by atoms with Crippen LogP contribution >= 0.6 is 46.7 Å². The van der Waals surface area contributed by atoms with Gasteiger partial charge in [-0.05, 0) is 25.1 Å². The maximum Gasteiger partial charge on any atom is 0.288 e. The van der Waals surface area contributed by atoms with Crippen LogP contribution in [0.1, 0.15) is 6.92 Å². The van der Waals surface area contributed by atoms with Crippen molar-refractivity contribution in [3.63, 3.8) is 0 Å². The lowest BCUT2D eigenvalue weighted by atomic mass is 10.4. The fraction of sp³-hybridized carbons (Fsp3) is 0.357. The van der Waals surface area contributed by atoms with Gasteiger partial charge in [0.2, 0.25) is 11.8 Å². The molecule has 0 spiro atoms. The number of nitrogens with one attached hydrogen (secondary N) is 1. The van der Waals surface area contributed by atoms with Crippen molar-refractivity contribution in [2.24, 2.45) is 0 Å². The zero-order valence-corrected chi connectivity index (χ0v) is 15.3. The Morgan fingerprint density at radius 3 is 2.83 bits per heavy atom. The fourth-order valence-corrected chi connectivity index (χ4v) is 4.03. The topological polar surface area (TPSA) is 66.5 Å². The van der Waals surface area contributed by atoms with Crippen LogP contribution in [-0.4, -0.2) is 46.0 Å². The van der Waals surface area contributed by atoms with Gasteiger partial charge in [-0.1, -0.05) is 35.0 Å². The summed E-state index contributed by atoms with van der Waals surface area (Å²) in [7, 11) is 0. The quantitative estimate of drug-likeness (QED) is 0.752. The number of hydrogen-bond donors (Lipinski definition) is 1. The minimum atomic E-state index is -0.384. The Balaban J connectivity index is 1.82. The second-order valence-electron chi connectivity index (χ2n) is 4.73. The molecule has 1 N–H and O–H groups in total. The van der Waals surface area contributed by atoms with E-state index in [1.807, 2.05) is 0 Å². The van der Waals surface area contributed by atoms with Gasteiger partial charge in [0.1, 0.15) is 0 Å². The van der Waals surface area contributed by atoms with Crippen molar-refractivity contribution in [2.75, 3.05) is 18.8 Å². The SMILES string of the molecule is C[C@H](Sc1cc(Cl)ccc1Cl)C(=O)NCCN1C(=O)CSC1=O. The highest BCUT2D eigenvalue weighted by Gasteiger charge is 2.29. The maximum atomic E-state index is 12.1. The zero-order chi connectivity index (χ0) is 17.0. The molecule has 1 aromatic rings. The molecule has 0 aliphatic carbocycles. The molecule has 124 valence electrons. The van der Waals surface area contributed by atoms with E-state index in [0.717, 1.165) is 21.6 Å². The van der Waals surface area contributed by atoms with Gasteiger partial charge in [-0.25, -0.2) is 0 Å². The molecule has 1 atom stereocenters. The lowest BCUT2D eigenvalue weighted by Crippen LogP contribution is -2.39. The van der Waals surface area contributed by atoms with Crippen LogP contribution in [0.15, 0.2) is 23.1 Å². The molecule has 9 heteroatoms. The van der Waals surface area contributed by atoms with Crippen molar-refractivity contribution in [3.05, 3.63) is 28.2 Å². The van der Waals surface area contributed by atoms with Gasteiger partial charge < -0.3 is 5.32 Å². The van der Waals surface area contributed by atoms with Crippen LogP contribution in [0.25, 0.3) is 0 Å². The molecule has 1 fully saturated rings. The molecule has 1 aliphatic heterocycles. The van der Waals surface area contributed by atoms with Crippen molar-refractivity contribution in [1.29, 1.82) is 0 Å². The first-order chi connectivity index (χ1) is 10.9. The number of rotatable bonds is 6. The first kappa shape index (κ1) is 18.4. The first-order valence-electron chi connectivity index (χ1n) is 6.75. The third-order valence-electron chi connectivity index (χ3n) is 3.04. The largest absolute Gasteiger partial charge is 0.353 e. The molecule has 0 saturated carbocycles. The number of benzene rings is 1. The van der Waals surface area contributed by atoms with E-state index >= 15 is 0 Å². The second kappa shape index (κ2) is 8.28. The highest BCUT2D eigenvalue weighted by molar-refractivity contribution is 8.14. The van der Waals surface area contributed by atoms with E-state index < -0.39 is 0 Å². The van der Waals surface area contributed by atoms with Crippen LogP contribution in [0.2, 0.25) is 10.0 Å². The number of halogens is 2. The average molecular weight is 393 g/mol. The molecular weight excluding hydrogens is 379 g/mol. The van der Waals surface area contributed by atoms with Gasteiger partial charge in [-0.15, -0.1) is 11.8 Å². The van der Waals surface area contributed by atoms with Crippen molar-refractivity contribution in [1.82, 2.24) is 10.2 Å². The standard InChI is InChI=1S/C14H14Cl2N2O3S2/c1-8(23-11-6-9(15)2-3-10(11)16)13(20)17-4-5-18-12(19)7-22-14(18)21/h2-3,6,8H,4-5,7H2,1H3,(H,17,20)/t8-/m0/s1. The molecule has 0 radical (unpaired) electrons. The summed E-state index contributed by atoms with van der Waals surface area (Å²) in [5.74, 6) is -0.244. The van der Waals surface area contributed by atoms with Gasteiger partial charge in [0.15, 0.2) is 0 Å². The summed E-state index contributed by atoms with van der Waals surface area (Å²) in [6.07, 6.45) is 0. The molecule has 0 aromatic heterocycles. The summed E-state index contributed by atoms with van der Waals surface area (Å²) < 4.78 is 0. The molecular formula is C14H14Cl2N2O3S2. The summed E-state index contributed by atoms with van der Waals surface area (Å²) >= 11 is 14.3. The fourth-order valence-electron chi connectivity index (χ4n) is 1.84. The van der Waals surface area contributed by atoms with E-state index in [-0.39, 0.29) is 41.1 Å². The summed E-state index contributed by atoms with van der Waals surface area (Å²) in [4.78, 5) is 36.8. The summed E-state index contributed by atoms with van der Waals surface area (Å²) in [5.41, 5.74) is 0. The summed E-state index contributed by atoms with van der Waals surface area (Å²) in [6.45, 7) is 2.16. The predicted octanol–water partition coefficient (Wildman–Crippen LogP) is 3.29. The van der Waals surface area contributed by atoms with E-state index in [1.54, 1.807) is 25.1 Å². The molecule has 0 unspecified atom stereocenters. The van der Waals surface area contributed by atoms with Crippen molar-refractivity contribution < 1.29 is 14.4 Å². The summed E-state index contributed by atoms with van der Waals surface area (Å²) in [6, 6.07) is 5.07. The van der Waals surface area contributed by atoms with Crippen molar-refractivity contribution in [2.45, 2.75) is 17.1 Å². The molecule has 5 nitrogen and oxygen atoms in total.